The van der Waals surface area contributed by atoms with Crippen LogP contribution in [0.2, 0.25) is 0 Å². The Kier molecular flexibility index (Phi) is 5.70. The minimum absolute atomic E-state index is 0.0237. The van der Waals surface area contributed by atoms with Crippen LogP contribution in [0.25, 0.3) is 16.6 Å². The second-order valence-corrected chi connectivity index (χ2v) is 9.46. The molecule has 4 heterocycles. The molecule has 0 saturated heterocycles. The maximum Gasteiger partial charge on any atom is 0.228 e. The van der Waals surface area contributed by atoms with Crippen molar-refractivity contribution in [2.75, 3.05) is 17.2 Å². The zero-order chi connectivity index (χ0) is 24.5. The lowest BCUT2D eigenvalue weighted by atomic mass is 9.81. The molecule has 0 aliphatic heterocycles. The fraction of sp³-hybridized carbons (Fsp3) is 0.296. The molecule has 0 bridgehead atoms. The van der Waals surface area contributed by atoms with E-state index >= 15 is 0 Å². The molecule has 0 unspecified atom stereocenters. The normalized spacial score (nSPS) is 18.8. The highest BCUT2D eigenvalue weighted by atomic mass is 16.5. The fourth-order valence-electron chi connectivity index (χ4n) is 4.50. The zero-order valence-corrected chi connectivity index (χ0v) is 19.6. The van der Waals surface area contributed by atoms with Crippen molar-refractivity contribution in [2.24, 2.45) is 11.8 Å². The molecule has 6 rings (SSSR count). The molecule has 9 nitrogen and oxygen atoms in total. The van der Waals surface area contributed by atoms with Crippen LogP contribution in [0.1, 0.15) is 31.4 Å². The summed E-state index contributed by atoms with van der Waals surface area (Å²) in [4.78, 5) is 20.7. The Morgan fingerprint density at radius 2 is 2.03 bits per heavy atom. The first kappa shape index (κ1) is 22.0. The maximum absolute atomic E-state index is 12.1. The summed E-state index contributed by atoms with van der Waals surface area (Å²) in [6.45, 7) is 0.577. The van der Waals surface area contributed by atoms with Crippen LogP contribution in [-0.2, 0) is 4.79 Å². The van der Waals surface area contributed by atoms with Gasteiger partial charge < -0.3 is 15.4 Å². The Balaban J connectivity index is 1.15. The van der Waals surface area contributed by atoms with Crippen molar-refractivity contribution in [2.45, 2.75) is 31.7 Å². The van der Waals surface area contributed by atoms with Crippen molar-refractivity contribution in [3.05, 3.63) is 66.7 Å². The molecule has 180 valence electrons. The van der Waals surface area contributed by atoms with Crippen LogP contribution in [0.15, 0.2) is 61.1 Å². The van der Waals surface area contributed by atoms with E-state index in [2.05, 4.69) is 31.8 Å². The largest absolute Gasteiger partial charge is 0.491 e. The number of aromatic nitrogens is 4. The number of fused-ring (bicyclic) bond motifs is 1. The predicted octanol–water partition coefficient (Wildman–Crippen LogP) is 4.28. The number of pyridine rings is 3. The number of ether oxygens (including phenoxy) is 1. The van der Waals surface area contributed by atoms with Crippen LogP contribution in [0, 0.1) is 23.2 Å². The summed E-state index contributed by atoms with van der Waals surface area (Å²) < 4.78 is 7.93. The van der Waals surface area contributed by atoms with E-state index in [1.54, 1.807) is 23.0 Å². The third-order valence-electron chi connectivity index (χ3n) is 6.68. The first-order valence-corrected chi connectivity index (χ1v) is 12.2. The summed E-state index contributed by atoms with van der Waals surface area (Å²) in [7, 11) is 0. The van der Waals surface area contributed by atoms with Crippen LogP contribution in [0.4, 0.5) is 11.6 Å². The lowest BCUT2D eigenvalue weighted by Crippen LogP contribution is -2.38. The van der Waals surface area contributed by atoms with E-state index in [4.69, 9.17) is 4.74 Å². The average Bonchev–Trinajstić information content (AvgIpc) is 3.66. The van der Waals surface area contributed by atoms with Gasteiger partial charge in [-0.1, -0.05) is 6.07 Å². The SMILES string of the molecule is N#Cc1cc(-c2ccn3nc(NC(=O)C4CC4)cc3c2)c(OCC2CC(Nc3ccccn3)C2)cn1. The average molecular weight is 480 g/mol. The minimum atomic E-state index is 0.0237. The Morgan fingerprint density at radius 1 is 1.14 bits per heavy atom. The zero-order valence-electron chi connectivity index (χ0n) is 19.6. The highest BCUT2D eigenvalue weighted by Crippen LogP contribution is 2.35. The number of amides is 1. The van der Waals surface area contributed by atoms with E-state index in [-0.39, 0.29) is 11.8 Å². The summed E-state index contributed by atoms with van der Waals surface area (Å²) in [5.74, 6) is 2.64. The number of hydrogen-bond acceptors (Lipinski definition) is 7. The molecule has 2 fully saturated rings. The van der Waals surface area contributed by atoms with Gasteiger partial charge in [-0.05, 0) is 67.5 Å². The van der Waals surface area contributed by atoms with Crippen molar-refractivity contribution in [3.63, 3.8) is 0 Å². The third-order valence-corrected chi connectivity index (χ3v) is 6.68. The van der Waals surface area contributed by atoms with Gasteiger partial charge in [0.15, 0.2) is 5.82 Å². The second kappa shape index (κ2) is 9.30. The monoisotopic (exact) mass is 479 g/mol. The second-order valence-electron chi connectivity index (χ2n) is 9.46. The molecule has 0 atom stereocenters. The minimum Gasteiger partial charge on any atom is -0.491 e. The van der Waals surface area contributed by atoms with Crippen LogP contribution in [0.3, 0.4) is 0 Å². The number of nitrogens with zero attached hydrogens (tertiary/aromatic N) is 5. The number of nitrogens with one attached hydrogen (secondary N) is 2. The first-order chi connectivity index (χ1) is 17.6. The number of carbonyl (C=O) groups excluding carboxylic acids is 1. The van der Waals surface area contributed by atoms with Crippen molar-refractivity contribution in [1.29, 1.82) is 5.26 Å². The summed E-state index contributed by atoms with van der Waals surface area (Å²) in [5.41, 5.74) is 2.85. The van der Waals surface area contributed by atoms with Crippen LogP contribution in [0.5, 0.6) is 5.75 Å². The molecule has 0 radical (unpaired) electrons. The molecule has 36 heavy (non-hydrogen) atoms. The van der Waals surface area contributed by atoms with Crippen molar-refractivity contribution in [1.82, 2.24) is 19.6 Å². The van der Waals surface area contributed by atoms with Gasteiger partial charge in [0.05, 0.1) is 18.3 Å². The molecule has 9 heteroatoms. The van der Waals surface area contributed by atoms with Crippen molar-refractivity contribution >= 4 is 23.1 Å². The summed E-state index contributed by atoms with van der Waals surface area (Å²) in [6.07, 6.45) is 9.15. The summed E-state index contributed by atoms with van der Waals surface area (Å²) >= 11 is 0. The van der Waals surface area contributed by atoms with E-state index in [0.29, 0.717) is 35.8 Å². The van der Waals surface area contributed by atoms with E-state index in [1.807, 2.05) is 42.6 Å². The van der Waals surface area contributed by atoms with Gasteiger partial charge in [0, 0.05) is 36.0 Å². The third kappa shape index (κ3) is 4.70. The lowest BCUT2D eigenvalue weighted by Gasteiger charge is -2.36. The standard InChI is InChI=1S/C27H25N7O2/c28-14-21-12-23(19-6-8-34-22(11-19)13-26(33-34)32-27(35)18-4-5-18)24(15-30-21)36-16-17-9-20(10-17)31-25-3-1-2-7-29-25/h1-3,6-8,11-13,15,17-18,20H,4-5,9-10,16H2,(H,29,31)(H,32,33,35). The first-order valence-electron chi connectivity index (χ1n) is 12.2. The van der Waals surface area contributed by atoms with Gasteiger partial charge in [-0.25, -0.2) is 14.5 Å². The quantitative estimate of drug-likeness (QED) is 0.387. The Hall–Kier alpha value is -4.45. The Morgan fingerprint density at radius 3 is 2.81 bits per heavy atom. The van der Waals surface area contributed by atoms with Crippen molar-refractivity contribution in [3.8, 4) is 22.9 Å². The number of carbonyl (C=O) groups is 1. The molecule has 2 N–H and O–H groups in total. The van der Waals surface area contributed by atoms with Crippen LogP contribution >= 0.6 is 0 Å². The lowest BCUT2D eigenvalue weighted by molar-refractivity contribution is -0.117. The van der Waals surface area contributed by atoms with Crippen LogP contribution < -0.4 is 15.4 Å². The van der Waals surface area contributed by atoms with Gasteiger partial charge in [0.1, 0.15) is 23.3 Å². The number of nitriles is 1. The molecule has 0 aromatic carbocycles. The number of rotatable bonds is 8. The van der Waals surface area contributed by atoms with Gasteiger partial charge in [-0.15, -0.1) is 0 Å². The molecule has 0 spiro atoms. The van der Waals surface area contributed by atoms with E-state index < -0.39 is 0 Å². The predicted molar refractivity (Wildman–Crippen MR) is 134 cm³/mol. The van der Waals surface area contributed by atoms with Gasteiger partial charge in [0.25, 0.3) is 0 Å². The molecular formula is C27H25N7O2. The smallest absolute Gasteiger partial charge is 0.228 e. The maximum atomic E-state index is 12.1. The Labute approximate surface area is 208 Å². The molecular weight excluding hydrogens is 454 g/mol. The topological polar surface area (TPSA) is 117 Å². The highest BCUT2D eigenvalue weighted by Gasteiger charge is 2.31. The number of hydrogen-bond donors (Lipinski definition) is 2. The van der Waals surface area contributed by atoms with E-state index in [0.717, 1.165) is 48.1 Å². The molecule has 4 aromatic heterocycles. The van der Waals surface area contributed by atoms with Gasteiger partial charge in [-0.2, -0.15) is 10.4 Å². The van der Waals surface area contributed by atoms with Crippen molar-refractivity contribution < 1.29 is 9.53 Å². The molecule has 2 saturated carbocycles. The fourth-order valence-corrected chi connectivity index (χ4v) is 4.50. The summed E-state index contributed by atoms with van der Waals surface area (Å²) in [5, 5.41) is 20.2. The van der Waals surface area contributed by atoms with Gasteiger partial charge >= 0.3 is 0 Å². The summed E-state index contributed by atoms with van der Waals surface area (Å²) in [6, 6.07) is 15.8. The highest BCUT2D eigenvalue weighted by molar-refractivity contribution is 5.93. The molecule has 4 aromatic rings. The molecule has 2 aliphatic carbocycles. The molecule has 1 amide bonds. The van der Waals surface area contributed by atoms with Gasteiger partial charge in [-0.3, -0.25) is 4.79 Å². The van der Waals surface area contributed by atoms with E-state index in [9.17, 15) is 10.1 Å². The van der Waals surface area contributed by atoms with Gasteiger partial charge in [0.2, 0.25) is 5.91 Å². The van der Waals surface area contributed by atoms with E-state index in [1.165, 1.54) is 0 Å². The Bertz CT molecular complexity index is 1450. The van der Waals surface area contributed by atoms with Crippen LogP contribution in [-0.4, -0.2) is 38.1 Å². The number of anilines is 2. The molecule has 2 aliphatic rings.